The molecule has 0 aliphatic carbocycles. The van der Waals surface area contributed by atoms with Gasteiger partial charge in [-0.3, -0.25) is 4.99 Å². The van der Waals surface area contributed by atoms with Gasteiger partial charge in [0.2, 0.25) is 5.89 Å². The Morgan fingerprint density at radius 1 is 1.10 bits per heavy atom. The van der Waals surface area contributed by atoms with Crippen molar-refractivity contribution >= 4 is 11.6 Å². The Labute approximate surface area is 176 Å². The molecule has 7 heteroatoms. The van der Waals surface area contributed by atoms with Crippen molar-refractivity contribution in [2.24, 2.45) is 4.99 Å². The van der Waals surface area contributed by atoms with E-state index in [1.165, 1.54) is 5.56 Å². The molecule has 0 bridgehead atoms. The standard InChI is InChI=1S/C23H27N5O2/c1-17-7-9-18(10-8-17)21-15-25-22(30-21)16-26-23(24-2)28-13-11-27(12-14-28)19-5-3-4-6-20(19)29/h3-10,15,29H,11-14,16H2,1-2H3,(H,24,26). The number of hydrogen-bond acceptors (Lipinski definition) is 5. The van der Waals surface area contributed by atoms with E-state index in [9.17, 15) is 5.11 Å². The van der Waals surface area contributed by atoms with Gasteiger partial charge in [-0.2, -0.15) is 0 Å². The van der Waals surface area contributed by atoms with Gasteiger partial charge >= 0.3 is 0 Å². The lowest BCUT2D eigenvalue weighted by atomic mass is 10.1. The van der Waals surface area contributed by atoms with Crippen LogP contribution >= 0.6 is 0 Å². The lowest BCUT2D eigenvalue weighted by Crippen LogP contribution is -2.52. The minimum Gasteiger partial charge on any atom is -0.506 e. The molecule has 0 atom stereocenters. The van der Waals surface area contributed by atoms with Gasteiger partial charge in [0.25, 0.3) is 0 Å². The van der Waals surface area contributed by atoms with Crippen molar-refractivity contribution in [3.63, 3.8) is 0 Å². The molecule has 156 valence electrons. The third-order valence-corrected chi connectivity index (χ3v) is 5.30. The molecule has 2 heterocycles. The van der Waals surface area contributed by atoms with Crippen LogP contribution < -0.4 is 10.2 Å². The average molecular weight is 406 g/mol. The smallest absolute Gasteiger partial charge is 0.214 e. The van der Waals surface area contributed by atoms with E-state index < -0.39 is 0 Å². The Morgan fingerprint density at radius 2 is 1.83 bits per heavy atom. The lowest BCUT2D eigenvalue weighted by Gasteiger charge is -2.37. The van der Waals surface area contributed by atoms with Crippen LogP contribution in [-0.4, -0.2) is 54.2 Å². The molecule has 0 unspecified atom stereocenters. The number of benzene rings is 2. The van der Waals surface area contributed by atoms with Crippen molar-refractivity contribution in [1.82, 2.24) is 15.2 Å². The number of rotatable bonds is 4. The van der Waals surface area contributed by atoms with E-state index in [0.717, 1.165) is 49.1 Å². The summed E-state index contributed by atoms with van der Waals surface area (Å²) >= 11 is 0. The second-order valence-corrected chi connectivity index (χ2v) is 7.35. The quantitative estimate of drug-likeness (QED) is 0.513. The molecular formula is C23H27N5O2. The van der Waals surface area contributed by atoms with Crippen molar-refractivity contribution in [1.29, 1.82) is 0 Å². The van der Waals surface area contributed by atoms with Crippen LogP contribution in [0, 0.1) is 6.92 Å². The van der Waals surface area contributed by atoms with E-state index in [2.05, 4.69) is 44.1 Å². The van der Waals surface area contributed by atoms with Crippen LogP contribution in [0.3, 0.4) is 0 Å². The number of anilines is 1. The van der Waals surface area contributed by atoms with Crippen LogP contribution in [0.1, 0.15) is 11.5 Å². The number of hydrogen-bond donors (Lipinski definition) is 2. The third-order valence-electron chi connectivity index (χ3n) is 5.30. The highest BCUT2D eigenvalue weighted by atomic mass is 16.4. The van der Waals surface area contributed by atoms with Crippen LogP contribution in [0.4, 0.5) is 5.69 Å². The Hall–Kier alpha value is -3.48. The number of oxazole rings is 1. The fourth-order valence-corrected chi connectivity index (χ4v) is 3.62. The van der Waals surface area contributed by atoms with Crippen LogP contribution in [0.15, 0.2) is 64.1 Å². The number of piperazine rings is 1. The van der Waals surface area contributed by atoms with Gasteiger partial charge in [0.05, 0.1) is 18.4 Å². The number of aromatic hydroxyl groups is 1. The number of aryl methyl sites for hydroxylation is 1. The maximum absolute atomic E-state index is 10.1. The molecule has 1 aliphatic rings. The molecule has 0 saturated carbocycles. The number of nitrogens with one attached hydrogen (secondary N) is 1. The molecule has 0 amide bonds. The molecule has 1 aliphatic heterocycles. The van der Waals surface area contributed by atoms with E-state index >= 15 is 0 Å². The highest BCUT2D eigenvalue weighted by molar-refractivity contribution is 5.80. The minimum atomic E-state index is 0.321. The first kappa shape index (κ1) is 19.8. The first-order valence-corrected chi connectivity index (χ1v) is 10.1. The fourth-order valence-electron chi connectivity index (χ4n) is 3.62. The lowest BCUT2D eigenvalue weighted by molar-refractivity contribution is 0.366. The topological polar surface area (TPSA) is 77.1 Å². The summed E-state index contributed by atoms with van der Waals surface area (Å²) in [4.78, 5) is 13.2. The van der Waals surface area contributed by atoms with Crippen molar-refractivity contribution in [3.05, 3.63) is 66.2 Å². The second-order valence-electron chi connectivity index (χ2n) is 7.35. The first-order chi connectivity index (χ1) is 14.6. The molecule has 1 aromatic heterocycles. The third kappa shape index (κ3) is 4.40. The number of aromatic nitrogens is 1. The molecule has 7 nitrogen and oxygen atoms in total. The molecule has 3 aromatic rings. The molecule has 4 rings (SSSR count). The minimum absolute atomic E-state index is 0.321. The summed E-state index contributed by atoms with van der Waals surface area (Å²) in [5.41, 5.74) is 3.11. The van der Waals surface area contributed by atoms with Gasteiger partial charge in [0, 0.05) is 38.8 Å². The van der Waals surface area contributed by atoms with Gasteiger partial charge in [-0.25, -0.2) is 4.98 Å². The number of aliphatic imine (C=N–C) groups is 1. The maximum Gasteiger partial charge on any atom is 0.214 e. The number of para-hydroxylation sites is 2. The number of nitrogens with zero attached hydrogens (tertiary/aromatic N) is 4. The maximum atomic E-state index is 10.1. The highest BCUT2D eigenvalue weighted by Crippen LogP contribution is 2.27. The van der Waals surface area contributed by atoms with Crippen LogP contribution in [0.5, 0.6) is 5.75 Å². The van der Waals surface area contributed by atoms with Gasteiger partial charge in [0.15, 0.2) is 11.7 Å². The van der Waals surface area contributed by atoms with Gasteiger partial charge in [-0.1, -0.05) is 42.0 Å². The van der Waals surface area contributed by atoms with Gasteiger partial charge in [-0.15, -0.1) is 0 Å². The zero-order chi connectivity index (χ0) is 20.9. The predicted octanol–water partition coefficient (Wildman–Crippen LogP) is 3.25. The normalized spacial score (nSPS) is 14.8. The predicted molar refractivity (Wildman–Crippen MR) is 119 cm³/mol. The fraction of sp³-hybridized carbons (Fsp3) is 0.304. The Bertz CT molecular complexity index is 1000. The number of phenols is 1. The van der Waals surface area contributed by atoms with Gasteiger partial charge in [0.1, 0.15) is 5.75 Å². The van der Waals surface area contributed by atoms with Gasteiger partial charge < -0.3 is 24.6 Å². The number of guanidine groups is 1. The second kappa shape index (κ2) is 8.90. The molecule has 0 radical (unpaired) electrons. The molecule has 30 heavy (non-hydrogen) atoms. The van der Waals surface area contributed by atoms with E-state index in [4.69, 9.17) is 4.42 Å². The summed E-state index contributed by atoms with van der Waals surface area (Å²) in [6.07, 6.45) is 1.76. The summed E-state index contributed by atoms with van der Waals surface area (Å²) in [6.45, 7) is 5.79. The monoisotopic (exact) mass is 405 g/mol. The van der Waals surface area contributed by atoms with Crippen molar-refractivity contribution in [2.75, 3.05) is 38.1 Å². The van der Waals surface area contributed by atoms with E-state index in [-0.39, 0.29) is 0 Å². The van der Waals surface area contributed by atoms with E-state index in [1.807, 2.05) is 30.3 Å². The average Bonchev–Trinajstić information content (AvgIpc) is 3.25. The van der Waals surface area contributed by atoms with Crippen molar-refractivity contribution in [3.8, 4) is 17.1 Å². The number of phenolic OH excluding ortho intramolecular Hbond substituents is 1. The van der Waals surface area contributed by atoms with Crippen molar-refractivity contribution in [2.45, 2.75) is 13.5 Å². The molecule has 1 fully saturated rings. The molecular weight excluding hydrogens is 378 g/mol. The Kier molecular flexibility index (Phi) is 5.88. The Balaban J connectivity index is 1.33. The zero-order valence-corrected chi connectivity index (χ0v) is 17.4. The summed E-state index contributed by atoms with van der Waals surface area (Å²) in [5, 5.41) is 13.4. The zero-order valence-electron chi connectivity index (χ0n) is 17.4. The van der Waals surface area contributed by atoms with Crippen LogP contribution in [0.25, 0.3) is 11.3 Å². The van der Waals surface area contributed by atoms with E-state index in [1.54, 1.807) is 19.3 Å². The summed E-state index contributed by atoms with van der Waals surface area (Å²) in [6, 6.07) is 15.7. The molecule has 2 N–H and O–H groups in total. The van der Waals surface area contributed by atoms with E-state index in [0.29, 0.717) is 18.2 Å². The summed E-state index contributed by atoms with van der Waals surface area (Å²) in [7, 11) is 1.78. The first-order valence-electron chi connectivity index (χ1n) is 10.1. The molecule has 1 saturated heterocycles. The Morgan fingerprint density at radius 3 is 2.53 bits per heavy atom. The van der Waals surface area contributed by atoms with Crippen molar-refractivity contribution < 1.29 is 9.52 Å². The van der Waals surface area contributed by atoms with Crippen LogP contribution in [-0.2, 0) is 6.54 Å². The SMILES string of the molecule is CN=C(NCc1ncc(-c2ccc(C)cc2)o1)N1CCN(c2ccccc2O)CC1. The molecule has 0 spiro atoms. The highest BCUT2D eigenvalue weighted by Gasteiger charge is 2.21. The van der Waals surface area contributed by atoms with Crippen LogP contribution in [0.2, 0.25) is 0 Å². The summed E-state index contributed by atoms with van der Waals surface area (Å²) in [5.74, 6) is 2.53. The summed E-state index contributed by atoms with van der Waals surface area (Å²) < 4.78 is 5.90. The molecule has 2 aromatic carbocycles. The van der Waals surface area contributed by atoms with Gasteiger partial charge in [-0.05, 0) is 19.1 Å². The largest absolute Gasteiger partial charge is 0.506 e.